The van der Waals surface area contributed by atoms with Crippen molar-refractivity contribution in [3.63, 3.8) is 0 Å². The zero-order chi connectivity index (χ0) is 13.9. The van der Waals surface area contributed by atoms with Crippen molar-refractivity contribution in [3.05, 3.63) is 44.8 Å². The molecule has 0 fully saturated rings. The number of aliphatic hydroxyl groups is 1. The number of sulfonamides is 1. The second-order valence-electron chi connectivity index (χ2n) is 3.69. The number of thiophene rings is 1. The van der Waals surface area contributed by atoms with Gasteiger partial charge in [-0.1, -0.05) is 0 Å². The Morgan fingerprint density at radius 3 is 2.63 bits per heavy atom. The molecule has 0 aliphatic carbocycles. The van der Waals surface area contributed by atoms with Crippen molar-refractivity contribution in [1.82, 2.24) is 9.71 Å². The van der Waals surface area contributed by atoms with Gasteiger partial charge in [-0.25, -0.2) is 13.1 Å². The van der Waals surface area contributed by atoms with Crippen molar-refractivity contribution < 1.29 is 13.5 Å². The maximum atomic E-state index is 12.1. The van der Waals surface area contributed by atoms with Crippen molar-refractivity contribution in [2.24, 2.45) is 0 Å². The van der Waals surface area contributed by atoms with Gasteiger partial charge in [0.25, 0.3) is 0 Å². The number of aromatic nitrogens is 1. The molecule has 2 aromatic heterocycles. The first kappa shape index (κ1) is 14.6. The van der Waals surface area contributed by atoms with Gasteiger partial charge in [-0.05, 0) is 39.7 Å². The van der Waals surface area contributed by atoms with E-state index < -0.39 is 10.0 Å². The normalized spacial score (nSPS) is 11.7. The van der Waals surface area contributed by atoms with Crippen LogP contribution in [-0.4, -0.2) is 18.5 Å². The molecule has 102 valence electrons. The fourth-order valence-electron chi connectivity index (χ4n) is 1.42. The summed E-state index contributed by atoms with van der Waals surface area (Å²) in [7, 11) is -3.60. The second-order valence-corrected chi connectivity index (χ2v) is 7.88. The molecule has 0 saturated heterocycles. The van der Waals surface area contributed by atoms with Gasteiger partial charge in [0, 0.05) is 23.8 Å². The summed E-state index contributed by atoms with van der Waals surface area (Å²) in [6.07, 6.45) is 3.21. The van der Waals surface area contributed by atoms with E-state index in [9.17, 15) is 8.42 Å². The molecule has 19 heavy (non-hydrogen) atoms. The molecule has 2 heterocycles. The Morgan fingerprint density at radius 2 is 2.05 bits per heavy atom. The third-order valence-corrected chi connectivity index (χ3v) is 6.01. The van der Waals surface area contributed by atoms with Crippen molar-refractivity contribution in [2.75, 3.05) is 0 Å². The van der Waals surface area contributed by atoms with Gasteiger partial charge in [-0.15, -0.1) is 11.3 Å². The predicted octanol–water partition coefficient (Wildman–Crippen LogP) is 1.88. The summed E-state index contributed by atoms with van der Waals surface area (Å²) in [5.41, 5.74) is 0.826. The number of pyridine rings is 1. The van der Waals surface area contributed by atoms with Crippen LogP contribution in [0.1, 0.15) is 10.4 Å². The molecule has 0 aliphatic rings. The fraction of sp³-hybridized carbons (Fsp3) is 0.182. The summed E-state index contributed by atoms with van der Waals surface area (Å²) in [5, 5.41) is 9.02. The molecule has 0 aromatic carbocycles. The van der Waals surface area contributed by atoms with Gasteiger partial charge in [-0.3, -0.25) is 4.98 Å². The van der Waals surface area contributed by atoms with E-state index >= 15 is 0 Å². The maximum absolute atomic E-state index is 12.1. The lowest BCUT2D eigenvalue weighted by Crippen LogP contribution is -2.23. The first-order valence-electron chi connectivity index (χ1n) is 5.30. The Balaban J connectivity index is 2.16. The minimum absolute atomic E-state index is 0.149. The number of aliphatic hydroxyl groups excluding tert-OH is 1. The van der Waals surface area contributed by atoms with E-state index in [0.29, 0.717) is 8.66 Å². The topological polar surface area (TPSA) is 79.3 Å². The molecule has 5 nitrogen and oxygen atoms in total. The highest BCUT2D eigenvalue weighted by molar-refractivity contribution is 9.11. The monoisotopic (exact) mass is 362 g/mol. The van der Waals surface area contributed by atoms with Crippen molar-refractivity contribution in [1.29, 1.82) is 0 Å². The van der Waals surface area contributed by atoms with E-state index in [0.717, 1.165) is 5.56 Å². The van der Waals surface area contributed by atoms with Crippen molar-refractivity contribution >= 4 is 37.3 Å². The standard InChI is InChI=1S/C11H11BrN2O3S2/c12-11-10(5-9(7-15)18-11)19(16,17)14-6-8-1-3-13-4-2-8/h1-5,14-15H,6-7H2. The van der Waals surface area contributed by atoms with Crippen LogP contribution in [0.5, 0.6) is 0 Å². The number of rotatable bonds is 5. The number of halogens is 1. The van der Waals surface area contributed by atoms with Crippen LogP contribution >= 0.6 is 27.3 Å². The Kier molecular flexibility index (Phi) is 4.69. The fourth-order valence-corrected chi connectivity index (χ4v) is 4.97. The number of hydrogen-bond donors (Lipinski definition) is 2. The maximum Gasteiger partial charge on any atom is 0.242 e. The lowest BCUT2D eigenvalue weighted by Gasteiger charge is -2.05. The van der Waals surface area contributed by atoms with E-state index in [1.54, 1.807) is 24.5 Å². The van der Waals surface area contributed by atoms with Crippen LogP contribution in [0.3, 0.4) is 0 Å². The summed E-state index contributed by atoms with van der Waals surface area (Å²) in [4.78, 5) is 4.61. The summed E-state index contributed by atoms with van der Waals surface area (Å²) in [5.74, 6) is 0. The average molecular weight is 363 g/mol. The Morgan fingerprint density at radius 1 is 1.37 bits per heavy atom. The molecule has 0 aliphatic heterocycles. The SMILES string of the molecule is O=S(=O)(NCc1ccncc1)c1cc(CO)sc1Br. The van der Waals surface area contributed by atoms with Gasteiger partial charge in [0.15, 0.2) is 0 Å². The first-order valence-corrected chi connectivity index (χ1v) is 8.40. The van der Waals surface area contributed by atoms with E-state index in [1.165, 1.54) is 17.4 Å². The molecule has 2 aromatic rings. The summed E-state index contributed by atoms with van der Waals surface area (Å²) >= 11 is 4.40. The highest BCUT2D eigenvalue weighted by atomic mass is 79.9. The zero-order valence-corrected chi connectivity index (χ0v) is 12.9. The van der Waals surface area contributed by atoms with Gasteiger partial charge in [-0.2, -0.15) is 0 Å². The summed E-state index contributed by atoms with van der Waals surface area (Å²) in [6, 6.07) is 4.94. The highest BCUT2D eigenvalue weighted by Crippen LogP contribution is 2.31. The van der Waals surface area contributed by atoms with Gasteiger partial charge < -0.3 is 5.11 Å². The van der Waals surface area contributed by atoms with Gasteiger partial charge in [0.05, 0.1) is 10.4 Å². The number of nitrogens with zero attached hydrogens (tertiary/aromatic N) is 1. The summed E-state index contributed by atoms with van der Waals surface area (Å²) < 4.78 is 27.2. The largest absolute Gasteiger partial charge is 0.391 e. The van der Waals surface area contributed by atoms with Crippen LogP contribution in [0.25, 0.3) is 0 Å². The van der Waals surface area contributed by atoms with Crippen LogP contribution in [-0.2, 0) is 23.2 Å². The average Bonchev–Trinajstić information content (AvgIpc) is 2.80. The van der Waals surface area contributed by atoms with Crippen molar-refractivity contribution in [2.45, 2.75) is 18.0 Å². The van der Waals surface area contributed by atoms with Crippen LogP contribution in [0, 0.1) is 0 Å². The summed E-state index contributed by atoms with van der Waals surface area (Å²) in [6.45, 7) is 0.0186. The molecule has 0 radical (unpaired) electrons. The predicted molar refractivity (Wildman–Crippen MR) is 76.2 cm³/mol. The van der Waals surface area contributed by atoms with E-state index in [4.69, 9.17) is 5.11 Å². The van der Waals surface area contributed by atoms with Gasteiger partial charge in [0.2, 0.25) is 10.0 Å². The number of hydrogen-bond acceptors (Lipinski definition) is 5. The van der Waals surface area contributed by atoms with Crippen molar-refractivity contribution in [3.8, 4) is 0 Å². The lowest BCUT2D eigenvalue weighted by atomic mass is 10.3. The molecular weight excluding hydrogens is 352 g/mol. The number of nitrogens with one attached hydrogen (secondary N) is 1. The molecule has 2 rings (SSSR count). The van der Waals surface area contributed by atoms with Gasteiger partial charge >= 0.3 is 0 Å². The van der Waals surface area contributed by atoms with Crippen LogP contribution in [0.4, 0.5) is 0 Å². The molecule has 0 spiro atoms. The van der Waals surface area contributed by atoms with Gasteiger partial charge in [0.1, 0.15) is 4.90 Å². The van der Waals surface area contributed by atoms with E-state index in [2.05, 4.69) is 25.6 Å². The molecular formula is C11H11BrN2O3S2. The first-order chi connectivity index (χ1) is 9.03. The van der Waals surface area contributed by atoms with Crippen LogP contribution in [0.2, 0.25) is 0 Å². The molecule has 0 amide bonds. The minimum Gasteiger partial charge on any atom is -0.391 e. The van der Waals surface area contributed by atoms with E-state index in [1.807, 2.05) is 0 Å². The van der Waals surface area contributed by atoms with Crippen LogP contribution in [0.15, 0.2) is 39.3 Å². The molecule has 0 atom stereocenters. The smallest absolute Gasteiger partial charge is 0.242 e. The molecule has 8 heteroatoms. The van der Waals surface area contributed by atoms with E-state index in [-0.39, 0.29) is 18.0 Å². The lowest BCUT2D eigenvalue weighted by molar-refractivity contribution is 0.285. The Bertz CT molecular complexity index is 656. The molecule has 0 unspecified atom stereocenters. The molecule has 2 N–H and O–H groups in total. The quantitative estimate of drug-likeness (QED) is 0.850. The molecule has 0 bridgehead atoms. The third kappa shape index (κ3) is 3.61. The molecule has 0 saturated carbocycles. The Labute approximate surface area is 123 Å². The Hall–Kier alpha value is -0.800. The highest BCUT2D eigenvalue weighted by Gasteiger charge is 2.20. The third-order valence-electron chi connectivity index (χ3n) is 2.37. The second kappa shape index (κ2) is 6.10. The zero-order valence-electron chi connectivity index (χ0n) is 9.71. The minimum atomic E-state index is -3.60. The van der Waals surface area contributed by atoms with Crippen LogP contribution < -0.4 is 4.72 Å².